The zero-order chi connectivity index (χ0) is 15.6. The van der Waals surface area contributed by atoms with E-state index in [4.69, 9.17) is 11.6 Å². The normalized spacial score (nSPS) is 12.9. The topological polar surface area (TPSA) is 41.3 Å². The molecule has 2 rings (SSSR count). The van der Waals surface area contributed by atoms with Crippen molar-refractivity contribution in [2.24, 2.45) is 0 Å². The van der Waals surface area contributed by atoms with Gasteiger partial charge in [0.15, 0.2) is 0 Å². The zero-order valence-electron chi connectivity index (χ0n) is 11.7. The van der Waals surface area contributed by atoms with E-state index in [9.17, 15) is 9.50 Å². The average molecular weight is 377 g/mol. The van der Waals surface area contributed by atoms with Gasteiger partial charge in [-0.2, -0.15) is 5.10 Å². The van der Waals surface area contributed by atoms with Gasteiger partial charge in [0.25, 0.3) is 0 Å². The molecule has 0 aliphatic heterocycles. The van der Waals surface area contributed by atoms with Crippen molar-refractivity contribution in [1.29, 1.82) is 0 Å². The van der Waals surface area contributed by atoms with Crippen LogP contribution in [-0.4, -0.2) is 40.4 Å². The standard InChI is InChI=1S/C14H16BrClFN3O/c1-19(2)5-6-20-13(10(15)8-18-20)14(21)9-3-4-11(16)12(17)7-9/h3-4,7-8,14,21H,5-6H2,1-2H3. The van der Waals surface area contributed by atoms with Gasteiger partial charge in [0, 0.05) is 6.54 Å². The molecule has 0 saturated heterocycles. The number of hydrogen-bond donors (Lipinski definition) is 1. The monoisotopic (exact) mass is 375 g/mol. The van der Waals surface area contributed by atoms with Gasteiger partial charge < -0.3 is 10.0 Å². The van der Waals surface area contributed by atoms with Crippen LogP contribution in [0.15, 0.2) is 28.9 Å². The molecular weight excluding hydrogens is 361 g/mol. The number of nitrogens with zero attached hydrogens (tertiary/aromatic N) is 3. The summed E-state index contributed by atoms with van der Waals surface area (Å²) in [5.74, 6) is -0.552. The number of benzene rings is 1. The summed E-state index contributed by atoms with van der Waals surface area (Å²) in [6.07, 6.45) is 0.649. The molecule has 0 bridgehead atoms. The van der Waals surface area contributed by atoms with E-state index in [0.717, 1.165) is 6.54 Å². The lowest BCUT2D eigenvalue weighted by Crippen LogP contribution is -2.21. The van der Waals surface area contributed by atoms with Crippen molar-refractivity contribution < 1.29 is 9.50 Å². The molecule has 0 spiro atoms. The Morgan fingerprint density at radius 1 is 1.48 bits per heavy atom. The van der Waals surface area contributed by atoms with Crippen molar-refractivity contribution in [2.45, 2.75) is 12.6 Å². The number of aromatic nitrogens is 2. The Labute approximate surface area is 136 Å². The molecular formula is C14H16BrClFN3O. The summed E-state index contributed by atoms with van der Waals surface area (Å²) < 4.78 is 15.9. The Bertz CT molecular complexity index is 633. The number of likely N-dealkylation sites (N-methyl/N-ethyl adjacent to an activating group) is 1. The smallest absolute Gasteiger partial charge is 0.142 e. The molecule has 0 saturated carbocycles. The van der Waals surface area contributed by atoms with Gasteiger partial charge in [-0.15, -0.1) is 0 Å². The molecule has 2 aromatic rings. The van der Waals surface area contributed by atoms with Crippen molar-refractivity contribution in [3.8, 4) is 0 Å². The molecule has 0 aliphatic rings. The van der Waals surface area contributed by atoms with Gasteiger partial charge in [0.05, 0.1) is 27.9 Å². The molecule has 1 aromatic heterocycles. The summed E-state index contributed by atoms with van der Waals surface area (Å²) >= 11 is 9.05. The lowest BCUT2D eigenvalue weighted by molar-refractivity contribution is 0.204. The SMILES string of the molecule is CN(C)CCn1ncc(Br)c1C(O)c1ccc(Cl)c(F)c1. The second-order valence-corrected chi connectivity index (χ2v) is 6.24. The lowest BCUT2D eigenvalue weighted by atomic mass is 10.1. The van der Waals surface area contributed by atoms with Crippen LogP contribution in [0, 0.1) is 5.82 Å². The maximum Gasteiger partial charge on any atom is 0.142 e. The first-order valence-corrected chi connectivity index (χ1v) is 7.56. The molecule has 1 N–H and O–H groups in total. The number of hydrogen-bond acceptors (Lipinski definition) is 3. The minimum Gasteiger partial charge on any atom is -0.382 e. The molecule has 0 amide bonds. The predicted molar refractivity (Wildman–Crippen MR) is 84.0 cm³/mol. The van der Waals surface area contributed by atoms with Crippen LogP contribution in [0.3, 0.4) is 0 Å². The highest BCUT2D eigenvalue weighted by Crippen LogP contribution is 2.30. The summed E-state index contributed by atoms with van der Waals surface area (Å²) in [5, 5.41) is 14.8. The minimum atomic E-state index is -0.976. The molecule has 1 heterocycles. The maximum atomic E-state index is 13.6. The van der Waals surface area contributed by atoms with Crippen LogP contribution in [0.4, 0.5) is 4.39 Å². The highest BCUT2D eigenvalue weighted by molar-refractivity contribution is 9.10. The van der Waals surface area contributed by atoms with Crippen molar-refractivity contribution in [3.05, 3.63) is 51.0 Å². The maximum absolute atomic E-state index is 13.6. The Kier molecular flexibility index (Phi) is 5.37. The first-order chi connectivity index (χ1) is 9.90. The third kappa shape index (κ3) is 3.83. The quantitative estimate of drug-likeness (QED) is 0.872. The number of halogens is 3. The molecule has 0 radical (unpaired) electrons. The van der Waals surface area contributed by atoms with E-state index in [1.165, 1.54) is 12.1 Å². The average Bonchev–Trinajstić information content (AvgIpc) is 2.80. The summed E-state index contributed by atoms with van der Waals surface area (Å²) in [6, 6.07) is 4.28. The van der Waals surface area contributed by atoms with Crippen LogP contribution < -0.4 is 0 Å². The van der Waals surface area contributed by atoms with E-state index < -0.39 is 11.9 Å². The summed E-state index contributed by atoms with van der Waals surface area (Å²) in [5.41, 5.74) is 1.03. The second-order valence-electron chi connectivity index (χ2n) is 4.98. The highest BCUT2D eigenvalue weighted by atomic mass is 79.9. The van der Waals surface area contributed by atoms with Crippen molar-refractivity contribution >= 4 is 27.5 Å². The van der Waals surface area contributed by atoms with Gasteiger partial charge in [-0.05, 0) is 47.7 Å². The van der Waals surface area contributed by atoms with E-state index in [1.54, 1.807) is 16.9 Å². The van der Waals surface area contributed by atoms with Crippen LogP contribution in [0.25, 0.3) is 0 Å². The van der Waals surface area contributed by atoms with E-state index in [0.29, 0.717) is 22.3 Å². The second kappa shape index (κ2) is 6.87. The van der Waals surface area contributed by atoms with Crippen LogP contribution >= 0.6 is 27.5 Å². The van der Waals surface area contributed by atoms with Crippen LogP contribution in [0.5, 0.6) is 0 Å². The Morgan fingerprint density at radius 3 is 2.81 bits per heavy atom. The van der Waals surface area contributed by atoms with Gasteiger partial charge in [0.2, 0.25) is 0 Å². The van der Waals surface area contributed by atoms with Gasteiger partial charge in [-0.25, -0.2) is 4.39 Å². The molecule has 1 unspecified atom stereocenters. The molecule has 4 nitrogen and oxygen atoms in total. The van der Waals surface area contributed by atoms with Crippen LogP contribution in [0.2, 0.25) is 5.02 Å². The van der Waals surface area contributed by atoms with Crippen LogP contribution in [-0.2, 0) is 6.54 Å². The first kappa shape index (κ1) is 16.4. The molecule has 7 heteroatoms. The van der Waals surface area contributed by atoms with Crippen molar-refractivity contribution in [1.82, 2.24) is 14.7 Å². The van der Waals surface area contributed by atoms with Gasteiger partial charge in [-0.1, -0.05) is 17.7 Å². The molecule has 114 valence electrons. The Morgan fingerprint density at radius 2 is 2.19 bits per heavy atom. The Balaban J connectivity index is 2.31. The molecule has 0 aliphatic carbocycles. The van der Waals surface area contributed by atoms with Gasteiger partial charge >= 0.3 is 0 Å². The van der Waals surface area contributed by atoms with E-state index in [1.807, 2.05) is 19.0 Å². The molecule has 0 fully saturated rings. The van der Waals surface area contributed by atoms with E-state index in [-0.39, 0.29) is 5.02 Å². The predicted octanol–water partition coefficient (Wildman–Crippen LogP) is 3.08. The summed E-state index contributed by atoms with van der Waals surface area (Å²) in [4.78, 5) is 2.02. The summed E-state index contributed by atoms with van der Waals surface area (Å²) in [6.45, 7) is 1.41. The number of rotatable bonds is 5. The van der Waals surface area contributed by atoms with Crippen LogP contribution in [0.1, 0.15) is 17.4 Å². The van der Waals surface area contributed by atoms with Crippen molar-refractivity contribution in [3.63, 3.8) is 0 Å². The number of aliphatic hydroxyl groups excluding tert-OH is 1. The third-order valence-corrected chi connectivity index (χ3v) is 4.03. The van der Waals surface area contributed by atoms with E-state index >= 15 is 0 Å². The summed E-state index contributed by atoms with van der Waals surface area (Å²) in [7, 11) is 3.92. The fraction of sp³-hybridized carbons (Fsp3) is 0.357. The fourth-order valence-corrected chi connectivity index (χ4v) is 2.59. The van der Waals surface area contributed by atoms with Gasteiger partial charge in [-0.3, -0.25) is 4.68 Å². The fourth-order valence-electron chi connectivity index (χ4n) is 1.96. The largest absolute Gasteiger partial charge is 0.382 e. The van der Waals surface area contributed by atoms with E-state index in [2.05, 4.69) is 21.0 Å². The highest BCUT2D eigenvalue weighted by Gasteiger charge is 2.20. The van der Waals surface area contributed by atoms with Crippen molar-refractivity contribution in [2.75, 3.05) is 20.6 Å². The molecule has 1 atom stereocenters. The first-order valence-electron chi connectivity index (χ1n) is 6.39. The molecule has 1 aromatic carbocycles. The molecule has 21 heavy (non-hydrogen) atoms. The number of aliphatic hydroxyl groups is 1. The minimum absolute atomic E-state index is 0.0335. The third-order valence-electron chi connectivity index (χ3n) is 3.11. The lowest BCUT2D eigenvalue weighted by Gasteiger charge is -2.16. The van der Waals surface area contributed by atoms with Gasteiger partial charge in [0.1, 0.15) is 11.9 Å². The Hall–Kier alpha value is -0.950. The zero-order valence-corrected chi connectivity index (χ0v) is 14.1.